The third-order valence-electron chi connectivity index (χ3n) is 4.40. The third kappa shape index (κ3) is 3.51. The molecule has 2 aromatic carbocycles. The van der Waals surface area contributed by atoms with Crippen LogP contribution in [0.2, 0.25) is 0 Å². The number of rotatable bonds is 5. The van der Waals surface area contributed by atoms with Crippen LogP contribution in [-0.4, -0.2) is 24.7 Å². The van der Waals surface area contributed by atoms with Gasteiger partial charge in [0.15, 0.2) is 0 Å². The Kier molecular flexibility index (Phi) is 4.90. The summed E-state index contributed by atoms with van der Waals surface area (Å²) in [6, 6.07) is 11.3. The highest BCUT2D eigenvalue weighted by atomic mass is 32.2. The van der Waals surface area contributed by atoms with E-state index in [1.54, 1.807) is 31.4 Å². The van der Waals surface area contributed by atoms with Gasteiger partial charge in [0.25, 0.3) is 0 Å². The zero-order chi connectivity index (χ0) is 19.8. The molecular formula is C18H19N3O5S. The molecule has 1 heterocycles. The molecule has 0 amide bonds. The molecule has 3 aromatic rings. The van der Waals surface area contributed by atoms with E-state index in [-0.39, 0.29) is 11.4 Å². The summed E-state index contributed by atoms with van der Waals surface area (Å²) in [4.78, 5) is 23.9. The number of nitrogens with one attached hydrogen (secondary N) is 1. The lowest BCUT2D eigenvalue weighted by Gasteiger charge is -2.12. The van der Waals surface area contributed by atoms with Crippen molar-refractivity contribution in [1.29, 1.82) is 0 Å². The van der Waals surface area contributed by atoms with Crippen LogP contribution in [0.4, 0.5) is 0 Å². The maximum absolute atomic E-state index is 12.6. The van der Waals surface area contributed by atoms with Crippen molar-refractivity contribution in [3.8, 4) is 5.75 Å². The largest absolute Gasteiger partial charge is 0.497 e. The summed E-state index contributed by atoms with van der Waals surface area (Å²) in [5.41, 5.74) is 0.213. The summed E-state index contributed by atoms with van der Waals surface area (Å²) >= 11 is 0. The number of ether oxygens (including phenoxy) is 1. The molecule has 0 fully saturated rings. The average Bonchev–Trinajstić information content (AvgIpc) is 2.69. The predicted octanol–water partition coefficient (Wildman–Crippen LogP) is 0.724. The van der Waals surface area contributed by atoms with Crippen LogP contribution in [0.3, 0.4) is 0 Å². The van der Waals surface area contributed by atoms with Crippen molar-refractivity contribution in [1.82, 2.24) is 13.9 Å². The summed E-state index contributed by atoms with van der Waals surface area (Å²) < 4.78 is 35.2. The quantitative estimate of drug-likeness (QED) is 0.649. The standard InChI is InChI=1S/C18H19N3O5S/c1-20-15-9-8-14(10-16(15)21(2)18(23)17(20)22)27(24,25)19-11-12-4-6-13(26-3)7-5-12/h4-10,19H,11H2,1-3H3. The number of fused-ring (bicyclic) bond motifs is 1. The second-order valence-corrected chi connectivity index (χ2v) is 7.82. The third-order valence-corrected chi connectivity index (χ3v) is 5.80. The minimum Gasteiger partial charge on any atom is -0.497 e. The van der Waals surface area contributed by atoms with E-state index >= 15 is 0 Å². The maximum atomic E-state index is 12.6. The normalized spacial score (nSPS) is 11.7. The van der Waals surface area contributed by atoms with Crippen molar-refractivity contribution >= 4 is 21.1 Å². The molecular weight excluding hydrogens is 370 g/mol. The molecule has 0 atom stereocenters. The van der Waals surface area contributed by atoms with Gasteiger partial charge in [-0.3, -0.25) is 9.59 Å². The molecule has 0 saturated heterocycles. The minimum absolute atomic E-state index is 0.0113. The van der Waals surface area contributed by atoms with E-state index in [1.165, 1.54) is 36.9 Å². The Hall–Kier alpha value is -2.91. The highest BCUT2D eigenvalue weighted by Gasteiger charge is 2.17. The lowest BCUT2D eigenvalue weighted by molar-refractivity contribution is 0.414. The predicted molar refractivity (Wildman–Crippen MR) is 101 cm³/mol. The molecule has 3 rings (SSSR count). The molecule has 9 heteroatoms. The number of sulfonamides is 1. The first-order chi connectivity index (χ1) is 12.7. The fraction of sp³-hybridized carbons (Fsp3) is 0.222. The highest BCUT2D eigenvalue weighted by molar-refractivity contribution is 7.89. The summed E-state index contributed by atoms with van der Waals surface area (Å²) in [7, 11) is 0.666. The number of hydrogen-bond acceptors (Lipinski definition) is 5. The van der Waals surface area contributed by atoms with Gasteiger partial charge < -0.3 is 13.9 Å². The SMILES string of the molecule is COc1ccc(CNS(=O)(=O)c2ccc3c(c2)n(C)c(=O)c(=O)n3C)cc1. The minimum atomic E-state index is -3.80. The van der Waals surface area contributed by atoms with E-state index in [0.29, 0.717) is 16.8 Å². The number of methoxy groups -OCH3 is 1. The van der Waals surface area contributed by atoms with Crippen LogP contribution in [0.1, 0.15) is 5.56 Å². The second kappa shape index (κ2) is 7.01. The average molecular weight is 389 g/mol. The van der Waals surface area contributed by atoms with Gasteiger partial charge in [-0.2, -0.15) is 0 Å². The van der Waals surface area contributed by atoms with Gasteiger partial charge in [0.1, 0.15) is 5.75 Å². The Bertz CT molecular complexity index is 1220. The Morgan fingerprint density at radius 2 is 1.52 bits per heavy atom. The first-order valence-corrected chi connectivity index (χ1v) is 9.55. The van der Waals surface area contributed by atoms with E-state index in [2.05, 4.69) is 4.72 Å². The Morgan fingerprint density at radius 3 is 2.11 bits per heavy atom. The Balaban J connectivity index is 1.95. The lowest BCUT2D eigenvalue weighted by Crippen LogP contribution is -2.39. The number of nitrogens with zero attached hydrogens (tertiary/aromatic N) is 2. The monoisotopic (exact) mass is 389 g/mol. The fourth-order valence-electron chi connectivity index (χ4n) is 2.73. The van der Waals surface area contributed by atoms with Crippen LogP contribution in [0.5, 0.6) is 5.75 Å². The molecule has 0 spiro atoms. The molecule has 142 valence electrons. The molecule has 1 N–H and O–H groups in total. The fourth-order valence-corrected chi connectivity index (χ4v) is 3.77. The summed E-state index contributed by atoms with van der Waals surface area (Å²) in [5.74, 6) is 0.683. The molecule has 0 bridgehead atoms. The summed E-state index contributed by atoms with van der Waals surface area (Å²) in [6.45, 7) is 0.108. The van der Waals surface area contributed by atoms with E-state index in [9.17, 15) is 18.0 Å². The van der Waals surface area contributed by atoms with Crippen molar-refractivity contribution in [2.45, 2.75) is 11.4 Å². The van der Waals surface area contributed by atoms with Crippen LogP contribution in [0.15, 0.2) is 56.9 Å². The van der Waals surface area contributed by atoms with Crippen LogP contribution in [0.25, 0.3) is 11.0 Å². The van der Waals surface area contributed by atoms with Crippen LogP contribution in [0, 0.1) is 0 Å². The maximum Gasteiger partial charge on any atom is 0.316 e. The zero-order valence-corrected chi connectivity index (χ0v) is 15.9. The molecule has 0 saturated carbocycles. The van der Waals surface area contributed by atoms with Crippen molar-refractivity contribution in [2.24, 2.45) is 14.1 Å². The first-order valence-electron chi connectivity index (χ1n) is 8.07. The van der Waals surface area contributed by atoms with Crippen LogP contribution < -0.4 is 20.6 Å². The molecule has 8 nitrogen and oxygen atoms in total. The van der Waals surface area contributed by atoms with Gasteiger partial charge in [0.2, 0.25) is 10.0 Å². The topological polar surface area (TPSA) is 99.4 Å². The first kappa shape index (κ1) is 18.9. The molecule has 1 aromatic heterocycles. The molecule has 27 heavy (non-hydrogen) atoms. The summed E-state index contributed by atoms with van der Waals surface area (Å²) in [6.07, 6.45) is 0. The van der Waals surface area contributed by atoms with Gasteiger partial charge in [0.05, 0.1) is 23.0 Å². The Morgan fingerprint density at radius 1 is 0.926 bits per heavy atom. The van der Waals surface area contributed by atoms with E-state index < -0.39 is 21.1 Å². The van der Waals surface area contributed by atoms with Gasteiger partial charge in [-0.05, 0) is 35.9 Å². The molecule has 0 radical (unpaired) electrons. The van der Waals surface area contributed by atoms with Crippen LogP contribution >= 0.6 is 0 Å². The van der Waals surface area contributed by atoms with Gasteiger partial charge in [-0.25, -0.2) is 13.1 Å². The van der Waals surface area contributed by atoms with Gasteiger partial charge in [-0.1, -0.05) is 12.1 Å². The highest BCUT2D eigenvalue weighted by Crippen LogP contribution is 2.17. The van der Waals surface area contributed by atoms with E-state index in [1.807, 2.05) is 0 Å². The number of benzene rings is 2. The van der Waals surface area contributed by atoms with Crippen LogP contribution in [-0.2, 0) is 30.7 Å². The van der Waals surface area contributed by atoms with Gasteiger partial charge >= 0.3 is 11.1 Å². The molecule has 0 aliphatic heterocycles. The van der Waals surface area contributed by atoms with Gasteiger partial charge in [-0.15, -0.1) is 0 Å². The van der Waals surface area contributed by atoms with Crippen molar-refractivity contribution in [3.63, 3.8) is 0 Å². The Labute approximate surface area is 155 Å². The van der Waals surface area contributed by atoms with Gasteiger partial charge in [0, 0.05) is 20.6 Å². The lowest BCUT2D eigenvalue weighted by atomic mass is 10.2. The molecule has 0 aliphatic carbocycles. The molecule has 0 unspecified atom stereocenters. The van der Waals surface area contributed by atoms with Crippen molar-refractivity contribution < 1.29 is 13.2 Å². The van der Waals surface area contributed by atoms with E-state index in [0.717, 1.165) is 10.1 Å². The summed E-state index contributed by atoms with van der Waals surface area (Å²) in [5, 5.41) is 0. The number of hydrogen-bond donors (Lipinski definition) is 1. The van der Waals surface area contributed by atoms with E-state index in [4.69, 9.17) is 4.74 Å². The zero-order valence-electron chi connectivity index (χ0n) is 15.1. The number of aryl methyl sites for hydroxylation is 2. The number of aromatic nitrogens is 2. The molecule has 0 aliphatic rings. The van der Waals surface area contributed by atoms with Crippen molar-refractivity contribution in [2.75, 3.05) is 7.11 Å². The second-order valence-electron chi connectivity index (χ2n) is 6.05. The van der Waals surface area contributed by atoms with Crippen molar-refractivity contribution in [3.05, 3.63) is 68.7 Å². The smallest absolute Gasteiger partial charge is 0.316 e.